The minimum atomic E-state index is -0.163. The Balaban J connectivity index is 1.94. The third-order valence-electron chi connectivity index (χ3n) is 2.78. The van der Waals surface area contributed by atoms with Gasteiger partial charge in [0.2, 0.25) is 5.91 Å². The van der Waals surface area contributed by atoms with Gasteiger partial charge in [0.25, 0.3) is 0 Å². The predicted molar refractivity (Wildman–Crippen MR) is 95.9 cm³/mol. The number of anilines is 1. The van der Waals surface area contributed by atoms with Gasteiger partial charge in [-0.15, -0.1) is 0 Å². The van der Waals surface area contributed by atoms with Crippen molar-refractivity contribution < 1.29 is 9.53 Å². The van der Waals surface area contributed by atoms with Crippen molar-refractivity contribution in [2.75, 3.05) is 26.0 Å². The number of rotatable bonds is 5. The zero-order valence-corrected chi connectivity index (χ0v) is 13.9. The van der Waals surface area contributed by atoms with Crippen LogP contribution in [0.5, 0.6) is 11.5 Å². The number of likely N-dealkylation sites (N-methyl/N-ethyl adjacent to an activating group) is 1. The molecule has 0 radical (unpaired) electrons. The van der Waals surface area contributed by atoms with Crippen LogP contribution in [0.2, 0.25) is 0 Å². The number of carbonyl (C=O) groups is 1. The first-order valence-corrected chi connectivity index (χ1v) is 7.52. The summed E-state index contributed by atoms with van der Waals surface area (Å²) in [7, 11) is 3.64. The molecule has 0 unspecified atom stereocenters. The standard InChI is InChI=1S/C17H19N3O2S/c1-20(2)12-16(21)19-17(23)18-13-7-6-10-15(11-13)22-14-8-4-3-5-9-14/h3-11H,12H2,1-2H3,(H2,18,19,21,23). The van der Waals surface area contributed by atoms with E-state index < -0.39 is 0 Å². The van der Waals surface area contributed by atoms with E-state index in [0.29, 0.717) is 5.75 Å². The van der Waals surface area contributed by atoms with Gasteiger partial charge in [0, 0.05) is 11.8 Å². The van der Waals surface area contributed by atoms with E-state index in [1.807, 2.05) is 68.7 Å². The van der Waals surface area contributed by atoms with E-state index in [1.165, 1.54) is 0 Å². The van der Waals surface area contributed by atoms with Crippen molar-refractivity contribution in [2.24, 2.45) is 0 Å². The number of nitrogens with zero attached hydrogens (tertiary/aromatic N) is 1. The number of carbonyl (C=O) groups excluding carboxylic acids is 1. The van der Waals surface area contributed by atoms with E-state index in [4.69, 9.17) is 17.0 Å². The number of thiocarbonyl (C=S) groups is 1. The third kappa shape index (κ3) is 6.06. The zero-order chi connectivity index (χ0) is 16.7. The van der Waals surface area contributed by atoms with E-state index >= 15 is 0 Å². The summed E-state index contributed by atoms with van der Waals surface area (Å²) < 4.78 is 5.76. The number of ether oxygens (including phenoxy) is 1. The van der Waals surface area contributed by atoms with Crippen LogP contribution in [-0.4, -0.2) is 36.6 Å². The lowest BCUT2D eigenvalue weighted by atomic mass is 10.3. The number of hydrogen-bond acceptors (Lipinski definition) is 4. The Kier molecular flexibility index (Phi) is 6.08. The van der Waals surface area contributed by atoms with Crippen molar-refractivity contribution in [3.63, 3.8) is 0 Å². The van der Waals surface area contributed by atoms with E-state index in [2.05, 4.69) is 10.6 Å². The fraction of sp³-hybridized carbons (Fsp3) is 0.176. The molecule has 0 bridgehead atoms. The maximum atomic E-state index is 11.7. The van der Waals surface area contributed by atoms with Gasteiger partial charge in [0.15, 0.2) is 5.11 Å². The number of amides is 1. The lowest BCUT2D eigenvalue weighted by Crippen LogP contribution is -2.39. The van der Waals surface area contributed by atoms with Gasteiger partial charge in [-0.2, -0.15) is 0 Å². The van der Waals surface area contributed by atoms with Crippen LogP contribution in [0.15, 0.2) is 54.6 Å². The third-order valence-corrected chi connectivity index (χ3v) is 2.99. The van der Waals surface area contributed by atoms with Crippen LogP contribution >= 0.6 is 12.2 Å². The van der Waals surface area contributed by atoms with Crippen molar-refractivity contribution >= 4 is 28.9 Å². The topological polar surface area (TPSA) is 53.6 Å². The van der Waals surface area contributed by atoms with Gasteiger partial charge in [-0.3, -0.25) is 4.79 Å². The summed E-state index contributed by atoms with van der Waals surface area (Å²) in [5.74, 6) is 1.28. The summed E-state index contributed by atoms with van der Waals surface area (Å²) in [6, 6.07) is 16.9. The molecule has 2 N–H and O–H groups in total. The molecular formula is C17H19N3O2S. The molecule has 0 spiro atoms. The highest BCUT2D eigenvalue weighted by atomic mass is 32.1. The molecule has 0 fully saturated rings. The summed E-state index contributed by atoms with van der Waals surface area (Å²) in [5, 5.41) is 5.86. The lowest BCUT2D eigenvalue weighted by Gasteiger charge is -2.13. The van der Waals surface area contributed by atoms with Gasteiger partial charge in [-0.05, 0) is 50.6 Å². The van der Waals surface area contributed by atoms with Gasteiger partial charge in [0.05, 0.1) is 6.54 Å². The molecule has 2 rings (SSSR count). The molecule has 1 amide bonds. The van der Waals surface area contributed by atoms with Crippen LogP contribution in [0.4, 0.5) is 5.69 Å². The summed E-state index contributed by atoms with van der Waals surface area (Å²) in [4.78, 5) is 13.4. The molecule has 5 nitrogen and oxygen atoms in total. The quantitative estimate of drug-likeness (QED) is 0.826. The number of hydrogen-bond donors (Lipinski definition) is 2. The molecule has 0 aliphatic carbocycles. The highest BCUT2D eigenvalue weighted by molar-refractivity contribution is 7.80. The summed E-state index contributed by atoms with van der Waals surface area (Å²) in [5.41, 5.74) is 0.744. The predicted octanol–water partition coefficient (Wildman–Crippen LogP) is 2.85. The Labute approximate surface area is 141 Å². The second kappa shape index (κ2) is 8.26. The van der Waals surface area contributed by atoms with Crippen molar-refractivity contribution in [3.8, 4) is 11.5 Å². The smallest absolute Gasteiger partial charge is 0.240 e. The Morgan fingerprint density at radius 3 is 2.48 bits per heavy atom. The average Bonchev–Trinajstić information content (AvgIpc) is 2.47. The zero-order valence-electron chi connectivity index (χ0n) is 13.1. The fourth-order valence-corrected chi connectivity index (χ4v) is 2.11. The second-order valence-corrected chi connectivity index (χ2v) is 5.59. The Bertz CT molecular complexity index is 675. The van der Waals surface area contributed by atoms with Crippen LogP contribution in [0.25, 0.3) is 0 Å². The molecule has 0 saturated heterocycles. The molecule has 0 saturated carbocycles. The van der Waals surface area contributed by atoms with Gasteiger partial charge in [0.1, 0.15) is 11.5 Å². The van der Waals surface area contributed by atoms with Gasteiger partial charge in [-0.25, -0.2) is 0 Å². The molecule has 0 heterocycles. The number of nitrogens with one attached hydrogen (secondary N) is 2. The van der Waals surface area contributed by atoms with Crippen LogP contribution in [0.1, 0.15) is 0 Å². The van der Waals surface area contributed by atoms with E-state index in [9.17, 15) is 4.79 Å². The van der Waals surface area contributed by atoms with Crippen molar-refractivity contribution in [1.29, 1.82) is 0 Å². The number of para-hydroxylation sites is 1. The first-order chi connectivity index (χ1) is 11.0. The molecule has 0 atom stereocenters. The molecule has 0 aromatic heterocycles. The highest BCUT2D eigenvalue weighted by Crippen LogP contribution is 2.23. The van der Waals surface area contributed by atoms with Crippen LogP contribution in [0, 0.1) is 0 Å². The minimum Gasteiger partial charge on any atom is -0.457 e. The van der Waals surface area contributed by atoms with E-state index in [-0.39, 0.29) is 17.6 Å². The summed E-state index contributed by atoms with van der Waals surface area (Å²) in [6.07, 6.45) is 0. The molecule has 6 heteroatoms. The second-order valence-electron chi connectivity index (χ2n) is 5.18. The largest absolute Gasteiger partial charge is 0.457 e. The SMILES string of the molecule is CN(C)CC(=O)NC(=S)Nc1cccc(Oc2ccccc2)c1. The molecule has 2 aromatic rings. The normalized spacial score (nSPS) is 10.2. The molecule has 0 aliphatic heterocycles. The fourth-order valence-electron chi connectivity index (χ4n) is 1.88. The van der Waals surface area contributed by atoms with Crippen molar-refractivity contribution in [3.05, 3.63) is 54.6 Å². The maximum Gasteiger partial charge on any atom is 0.240 e. The van der Waals surface area contributed by atoms with Crippen molar-refractivity contribution in [1.82, 2.24) is 10.2 Å². The van der Waals surface area contributed by atoms with E-state index in [0.717, 1.165) is 11.4 Å². The molecule has 2 aromatic carbocycles. The minimum absolute atomic E-state index is 0.163. The maximum absolute atomic E-state index is 11.7. The molecule has 120 valence electrons. The van der Waals surface area contributed by atoms with Crippen LogP contribution < -0.4 is 15.4 Å². The highest BCUT2D eigenvalue weighted by Gasteiger charge is 2.06. The first kappa shape index (κ1) is 16.9. The first-order valence-electron chi connectivity index (χ1n) is 7.11. The van der Waals surface area contributed by atoms with Crippen molar-refractivity contribution in [2.45, 2.75) is 0 Å². The van der Waals surface area contributed by atoms with Crippen LogP contribution in [-0.2, 0) is 4.79 Å². The monoisotopic (exact) mass is 329 g/mol. The molecular weight excluding hydrogens is 310 g/mol. The Morgan fingerprint density at radius 1 is 1.09 bits per heavy atom. The summed E-state index contributed by atoms with van der Waals surface area (Å²) >= 11 is 5.14. The van der Waals surface area contributed by atoms with E-state index in [1.54, 1.807) is 4.90 Å². The summed E-state index contributed by atoms with van der Waals surface area (Å²) in [6.45, 7) is 0.277. The van der Waals surface area contributed by atoms with Gasteiger partial charge in [-0.1, -0.05) is 24.3 Å². The number of benzene rings is 2. The lowest BCUT2D eigenvalue weighted by molar-refractivity contribution is -0.120. The molecule has 0 aliphatic rings. The average molecular weight is 329 g/mol. The van der Waals surface area contributed by atoms with Crippen LogP contribution in [0.3, 0.4) is 0 Å². The Morgan fingerprint density at radius 2 is 1.78 bits per heavy atom. The van der Waals surface area contributed by atoms with Gasteiger partial charge < -0.3 is 20.3 Å². The van der Waals surface area contributed by atoms with Gasteiger partial charge >= 0.3 is 0 Å². The molecule has 23 heavy (non-hydrogen) atoms. The Hall–Kier alpha value is -2.44.